The SMILES string of the molecule is COc1cc(OC)cc(C(=O)OCCNc2ccc([N+](=O)[O-])cn2)c1. The summed E-state index contributed by atoms with van der Waals surface area (Å²) >= 11 is 0. The second-order valence-electron chi connectivity index (χ2n) is 4.82. The van der Waals surface area contributed by atoms with Crippen LogP contribution in [0.3, 0.4) is 0 Å². The number of carbonyl (C=O) groups is 1. The molecule has 0 bridgehead atoms. The molecule has 0 aliphatic heterocycles. The second kappa shape index (κ2) is 8.48. The predicted octanol–water partition coefficient (Wildman–Crippen LogP) is 2.28. The molecular weight excluding hydrogens is 330 g/mol. The third-order valence-electron chi connectivity index (χ3n) is 3.19. The Balaban J connectivity index is 1.85. The highest BCUT2D eigenvalue weighted by Crippen LogP contribution is 2.23. The molecule has 0 fully saturated rings. The Morgan fingerprint density at radius 1 is 1.20 bits per heavy atom. The van der Waals surface area contributed by atoms with Gasteiger partial charge < -0.3 is 19.5 Å². The topological polar surface area (TPSA) is 113 Å². The van der Waals surface area contributed by atoms with Gasteiger partial charge in [-0.1, -0.05) is 0 Å². The van der Waals surface area contributed by atoms with E-state index in [9.17, 15) is 14.9 Å². The lowest BCUT2D eigenvalue weighted by Crippen LogP contribution is -2.14. The Morgan fingerprint density at radius 3 is 2.40 bits per heavy atom. The number of carbonyl (C=O) groups excluding carboxylic acids is 1. The average molecular weight is 347 g/mol. The number of aromatic nitrogens is 1. The van der Waals surface area contributed by atoms with Crippen LogP contribution in [-0.2, 0) is 4.74 Å². The van der Waals surface area contributed by atoms with Crippen LogP contribution in [0.5, 0.6) is 11.5 Å². The summed E-state index contributed by atoms with van der Waals surface area (Å²) in [5.74, 6) is 0.902. The summed E-state index contributed by atoms with van der Waals surface area (Å²) in [6, 6.07) is 7.57. The molecule has 1 heterocycles. The summed E-state index contributed by atoms with van der Waals surface area (Å²) in [7, 11) is 2.98. The first-order chi connectivity index (χ1) is 12.0. The first-order valence-corrected chi connectivity index (χ1v) is 7.28. The van der Waals surface area contributed by atoms with E-state index in [0.717, 1.165) is 6.20 Å². The van der Waals surface area contributed by atoms with Crippen LogP contribution in [0.2, 0.25) is 0 Å². The fourth-order valence-electron chi connectivity index (χ4n) is 1.93. The Morgan fingerprint density at radius 2 is 1.88 bits per heavy atom. The zero-order valence-corrected chi connectivity index (χ0v) is 13.7. The van der Waals surface area contributed by atoms with E-state index < -0.39 is 10.9 Å². The number of anilines is 1. The summed E-state index contributed by atoms with van der Waals surface area (Å²) in [6.45, 7) is 0.398. The number of rotatable bonds is 8. The highest BCUT2D eigenvalue weighted by Gasteiger charge is 2.11. The predicted molar refractivity (Wildman–Crippen MR) is 89.2 cm³/mol. The van der Waals surface area contributed by atoms with Crippen LogP contribution in [-0.4, -0.2) is 43.2 Å². The number of nitrogens with one attached hydrogen (secondary N) is 1. The largest absolute Gasteiger partial charge is 0.497 e. The van der Waals surface area contributed by atoms with Gasteiger partial charge in [-0.25, -0.2) is 9.78 Å². The van der Waals surface area contributed by atoms with Gasteiger partial charge in [0.1, 0.15) is 30.1 Å². The number of nitro groups is 1. The molecule has 25 heavy (non-hydrogen) atoms. The van der Waals surface area contributed by atoms with Crippen LogP contribution in [0.4, 0.5) is 11.5 Å². The van der Waals surface area contributed by atoms with Crippen molar-refractivity contribution in [2.75, 3.05) is 32.7 Å². The maximum atomic E-state index is 12.1. The van der Waals surface area contributed by atoms with Crippen molar-refractivity contribution in [3.05, 3.63) is 52.2 Å². The molecule has 0 radical (unpaired) electrons. The van der Waals surface area contributed by atoms with Crippen molar-refractivity contribution in [2.45, 2.75) is 0 Å². The third kappa shape index (κ3) is 5.06. The van der Waals surface area contributed by atoms with Gasteiger partial charge in [0, 0.05) is 12.1 Å². The molecule has 2 rings (SSSR count). The third-order valence-corrected chi connectivity index (χ3v) is 3.19. The van der Waals surface area contributed by atoms with Crippen molar-refractivity contribution >= 4 is 17.5 Å². The van der Waals surface area contributed by atoms with Crippen molar-refractivity contribution in [1.82, 2.24) is 4.98 Å². The molecule has 0 atom stereocenters. The zero-order chi connectivity index (χ0) is 18.2. The highest BCUT2D eigenvalue weighted by molar-refractivity contribution is 5.90. The average Bonchev–Trinajstić information content (AvgIpc) is 2.64. The molecule has 0 saturated heterocycles. The fourth-order valence-corrected chi connectivity index (χ4v) is 1.93. The minimum absolute atomic E-state index is 0.0936. The number of esters is 1. The van der Waals surface area contributed by atoms with Crippen LogP contribution in [0.1, 0.15) is 10.4 Å². The van der Waals surface area contributed by atoms with Crippen LogP contribution >= 0.6 is 0 Å². The molecular formula is C16H17N3O6. The number of nitrogens with zero attached hydrogens (tertiary/aromatic N) is 2. The van der Waals surface area contributed by atoms with E-state index in [-0.39, 0.29) is 12.3 Å². The molecule has 1 N–H and O–H groups in total. The van der Waals surface area contributed by atoms with E-state index in [1.165, 1.54) is 26.4 Å². The Hall–Kier alpha value is -3.36. The minimum atomic E-state index is -0.527. The lowest BCUT2D eigenvalue weighted by molar-refractivity contribution is -0.385. The van der Waals surface area contributed by atoms with E-state index in [4.69, 9.17) is 14.2 Å². The van der Waals surface area contributed by atoms with Gasteiger partial charge in [-0.15, -0.1) is 0 Å². The molecule has 9 heteroatoms. The van der Waals surface area contributed by atoms with Gasteiger partial charge in [0.25, 0.3) is 5.69 Å². The Bertz CT molecular complexity index is 726. The zero-order valence-electron chi connectivity index (χ0n) is 13.7. The van der Waals surface area contributed by atoms with Crippen molar-refractivity contribution in [1.29, 1.82) is 0 Å². The van der Waals surface area contributed by atoms with Crippen molar-refractivity contribution in [3.63, 3.8) is 0 Å². The number of hydrogen-bond acceptors (Lipinski definition) is 8. The maximum Gasteiger partial charge on any atom is 0.338 e. The first-order valence-electron chi connectivity index (χ1n) is 7.28. The molecule has 1 aromatic carbocycles. The van der Waals surface area contributed by atoms with E-state index in [0.29, 0.717) is 29.4 Å². The van der Waals surface area contributed by atoms with E-state index in [2.05, 4.69) is 10.3 Å². The maximum absolute atomic E-state index is 12.1. The minimum Gasteiger partial charge on any atom is -0.497 e. The standard InChI is InChI=1S/C16H17N3O6/c1-23-13-7-11(8-14(9-13)24-2)16(20)25-6-5-17-15-4-3-12(10-18-15)19(21)22/h3-4,7-10H,5-6H2,1-2H3,(H,17,18). The van der Waals surface area contributed by atoms with Crippen molar-refractivity contribution in [2.24, 2.45) is 0 Å². The Kier molecular flexibility index (Phi) is 6.10. The van der Waals surface area contributed by atoms with Gasteiger partial charge in [0.2, 0.25) is 0 Å². The molecule has 0 unspecified atom stereocenters. The number of ether oxygens (including phenoxy) is 3. The summed E-state index contributed by atoms with van der Waals surface area (Å²) < 4.78 is 15.4. The van der Waals surface area contributed by atoms with Crippen LogP contribution < -0.4 is 14.8 Å². The normalized spacial score (nSPS) is 10.0. The highest BCUT2D eigenvalue weighted by atomic mass is 16.6. The molecule has 0 aliphatic rings. The summed E-state index contributed by atoms with van der Waals surface area (Å²) in [4.78, 5) is 26.0. The van der Waals surface area contributed by atoms with Gasteiger partial charge in [0.15, 0.2) is 0 Å². The number of benzene rings is 1. The van der Waals surface area contributed by atoms with E-state index >= 15 is 0 Å². The van der Waals surface area contributed by atoms with E-state index in [1.807, 2.05) is 0 Å². The first kappa shape index (κ1) is 18.0. The van der Waals surface area contributed by atoms with Crippen LogP contribution in [0.15, 0.2) is 36.5 Å². The van der Waals surface area contributed by atoms with Crippen LogP contribution in [0.25, 0.3) is 0 Å². The number of hydrogen-bond donors (Lipinski definition) is 1. The quantitative estimate of drug-likeness (QED) is 0.335. The molecule has 2 aromatic rings. The molecule has 0 spiro atoms. The molecule has 0 aliphatic carbocycles. The lowest BCUT2D eigenvalue weighted by atomic mass is 10.2. The van der Waals surface area contributed by atoms with Gasteiger partial charge in [-0.3, -0.25) is 10.1 Å². The summed E-state index contributed by atoms with van der Waals surface area (Å²) in [5.41, 5.74) is 0.216. The lowest BCUT2D eigenvalue weighted by Gasteiger charge is -2.09. The fraction of sp³-hybridized carbons (Fsp3) is 0.250. The molecule has 132 valence electrons. The molecule has 9 nitrogen and oxygen atoms in total. The summed E-state index contributed by atoms with van der Waals surface area (Å²) in [5, 5.41) is 13.4. The van der Waals surface area contributed by atoms with Crippen molar-refractivity contribution in [3.8, 4) is 11.5 Å². The molecule has 0 saturated carbocycles. The van der Waals surface area contributed by atoms with Gasteiger partial charge in [0.05, 0.1) is 31.3 Å². The number of methoxy groups -OCH3 is 2. The van der Waals surface area contributed by atoms with Gasteiger partial charge in [-0.2, -0.15) is 0 Å². The second-order valence-corrected chi connectivity index (χ2v) is 4.82. The van der Waals surface area contributed by atoms with Gasteiger partial charge >= 0.3 is 5.97 Å². The van der Waals surface area contributed by atoms with Crippen LogP contribution in [0, 0.1) is 10.1 Å². The van der Waals surface area contributed by atoms with E-state index in [1.54, 1.807) is 18.2 Å². The monoisotopic (exact) mass is 347 g/mol. The molecule has 0 amide bonds. The summed E-state index contributed by atoms with van der Waals surface area (Å²) in [6.07, 6.45) is 1.15. The smallest absolute Gasteiger partial charge is 0.338 e. The van der Waals surface area contributed by atoms with Gasteiger partial charge in [-0.05, 0) is 18.2 Å². The number of pyridine rings is 1. The van der Waals surface area contributed by atoms with Crippen molar-refractivity contribution < 1.29 is 23.9 Å². The Labute approximate surface area is 143 Å². The molecule has 1 aromatic heterocycles.